The Bertz CT molecular complexity index is 1150. The lowest BCUT2D eigenvalue weighted by molar-refractivity contribution is -0.150. The maximum Gasteiger partial charge on any atom is 0.328 e. The fourth-order valence-electron chi connectivity index (χ4n) is 4.16. The highest BCUT2D eigenvalue weighted by Crippen LogP contribution is 2.27. The van der Waals surface area contributed by atoms with Crippen LogP contribution in [0.25, 0.3) is 0 Å². The number of likely N-dealkylation sites (tertiary alicyclic amines) is 1. The molecule has 3 aromatic rings. The van der Waals surface area contributed by atoms with Crippen LogP contribution in [0.4, 0.5) is 4.39 Å². The molecule has 35 heavy (non-hydrogen) atoms. The number of carbonyl (C=O) groups excluding carboxylic acids is 2. The number of para-hydroxylation sites is 1. The van der Waals surface area contributed by atoms with E-state index in [1.165, 1.54) is 24.1 Å². The Morgan fingerprint density at radius 3 is 2.49 bits per heavy atom. The minimum atomic E-state index is -0.759. The molecule has 1 fully saturated rings. The fourth-order valence-corrected chi connectivity index (χ4v) is 4.16. The number of hydrogen-bond donors (Lipinski definition) is 0. The highest BCUT2D eigenvalue weighted by Gasteiger charge is 2.41. The highest BCUT2D eigenvalue weighted by molar-refractivity contribution is 5.85. The van der Waals surface area contributed by atoms with Crippen molar-refractivity contribution in [1.82, 2.24) is 4.90 Å². The van der Waals surface area contributed by atoms with Crippen LogP contribution < -0.4 is 9.47 Å². The van der Waals surface area contributed by atoms with Gasteiger partial charge < -0.3 is 19.1 Å². The first-order valence-corrected chi connectivity index (χ1v) is 11.6. The predicted octanol–water partition coefficient (Wildman–Crippen LogP) is 4.56. The van der Waals surface area contributed by atoms with Gasteiger partial charge in [0.25, 0.3) is 0 Å². The quantitative estimate of drug-likeness (QED) is 0.423. The Hall–Kier alpha value is -3.87. The lowest BCUT2D eigenvalue weighted by Crippen LogP contribution is -2.41. The normalized spacial score (nSPS) is 17.1. The van der Waals surface area contributed by atoms with Crippen molar-refractivity contribution in [2.24, 2.45) is 0 Å². The molecule has 3 aromatic carbocycles. The number of esters is 1. The summed E-state index contributed by atoms with van der Waals surface area (Å²) in [5, 5.41) is 0. The zero-order valence-electron chi connectivity index (χ0n) is 19.6. The van der Waals surface area contributed by atoms with E-state index in [1.54, 1.807) is 12.1 Å². The van der Waals surface area contributed by atoms with E-state index in [4.69, 9.17) is 14.2 Å². The van der Waals surface area contributed by atoms with Gasteiger partial charge >= 0.3 is 5.97 Å². The smallest absolute Gasteiger partial charge is 0.328 e. The van der Waals surface area contributed by atoms with Gasteiger partial charge in [0.15, 0.2) is 11.6 Å². The SMILES string of the molecule is COC(=O)C1CC(Oc2ccccc2F)CN1C(=O)CCc1cccc(OCc2ccccc2)c1. The van der Waals surface area contributed by atoms with Crippen LogP contribution >= 0.6 is 0 Å². The van der Waals surface area contributed by atoms with Gasteiger partial charge in [0, 0.05) is 12.8 Å². The number of carbonyl (C=O) groups is 2. The van der Waals surface area contributed by atoms with Crippen molar-refractivity contribution in [3.63, 3.8) is 0 Å². The lowest BCUT2D eigenvalue weighted by Gasteiger charge is -2.22. The molecule has 0 aliphatic carbocycles. The third-order valence-electron chi connectivity index (χ3n) is 5.96. The molecular formula is C28H28FNO5. The summed E-state index contributed by atoms with van der Waals surface area (Å²) in [6.45, 7) is 0.647. The molecule has 0 N–H and O–H groups in total. The topological polar surface area (TPSA) is 65.1 Å². The standard InChI is InChI=1S/C28H28FNO5/c1-33-28(32)25-17-23(35-26-13-6-5-12-24(26)29)18-30(25)27(31)15-14-20-10-7-11-22(16-20)34-19-21-8-3-2-4-9-21/h2-13,16,23,25H,14-15,17-19H2,1H3. The number of halogens is 1. The summed E-state index contributed by atoms with van der Waals surface area (Å²) in [5.74, 6) is -0.348. The third kappa shape index (κ3) is 6.38. The zero-order valence-corrected chi connectivity index (χ0v) is 19.6. The van der Waals surface area contributed by atoms with Gasteiger partial charge in [0.1, 0.15) is 24.5 Å². The Morgan fingerprint density at radius 1 is 0.971 bits per heavy atom. The van der Waals surface area contributed by atoms with E-state index in [0.717, 1.165) is 16.9 Å². The van der Waals surface area contributed by atoms with Gasteiger partial charge in [-0.25, -0.2) is 9.18 Å². The molecule has 1 aliphatic heterocycles. The summed E-state index contributed by atoms with van der Waals surface area (Å²) in [7, 11) is 1.29. The molecule has 6 nitrogen and oxygen atoms in total. The lowest BCUT2D eigenvalue weighted by atomic mass is 10.1. The van der Waals surface area contributed by atoms with E-state index in [9.17, 15) is 14.0 Å². The second-order valence-electron chi connectivity index (χ2n) is 8.41. The van der Waals surface area contributed by atoms with E-state index in [-0.39, 0.29) is 31.0 Å². The van der Waals surface area contributed by atoms with E-state index < -0.39 is 23.9 Å². The highest BCUT2D eigenvalue weighted by atomic mass is 19.1. The van der Waals surface area contributed by atoms with E-state index in [2.05, 4.69) is 0 Å². The van der Waals surface area contributed by atoms with Crippen molar-refractivity contribution in [2.45, 2.75) is 38.0 Å². The van der Waals surface area contributed by atoms with Crippen molar-refractivity contribution in [3.8, 4) is 11.5 Å². The van der Waals surface area contributed by atoms with Crippen LogP contribution in [0.1, 0.15) is 24.0 Å². The molecule has 4 rings (SSSR count). The Labute approximate surface area is 204 Å². The van der Waals surface area contributed by atoms with Crippen LogP contribution in [0.15, 0.2) is 78.9 Å². The molecule has 7 heteroatoms. The second kappa shape index (κ2) is 11.5. The molecular weight excluding hydrogens is 449 g/mol. The molecule has 0 bridgehead atoms. The molecule has 182 valence electrons. The molecule has 1 aliphatic rings. The predicted molar refractivity (Wildman–Crippen MR) is 128 cm³/mol. The first-order valence-electron chi connectivity index (χ1n) is 11.6. The third-order valence-corrected chi connectivity index (χ3v) is 5.96. The van der Waals surface area contributed by atoms with Crippen LogP contribution in [-0.2, 0) is 27.4 Å². The molecule has 2 unspecified atom stereocenters. The number of ether oxygens (including phenoxy) is 3. The van der Waals surface area contributed by atoms with Gasteiger partial charge in [-0.05, 0) is 41.8 Å². The van der Waals surface area contributed by atoms with Gasteiger partial charge in [0.05, 0.1) is 13.7 Å². The second-order valence-corrected chi connectivity index (χ2v) is 8.41. The van der Waals surface area contributed by atoms with Gasteiger partial charge in [-0.2, -0.15) is 0 Å². The summed E-state index contributed by atoms with van der Waals surface area (Å²) in [6.07, 6.45) is 0.442. The summed E-state index contributed by atoms with van der Waals surface area (Å²) < 4.78 is 30.5. The maximum absolute atomic E-state index is 14.0. The van der Waals surface area contributed by atoms with Crippen LogP contribution in [0, 0.1) is 5.82 Å². The van der Waals surface area contributed by atoms with E-state index >= 15 is 0 Å². The van der Waals surface area contributed by atoms with Gasteiger partial charge in [-0.1, -0.05) is 54.6 Å². The molecule has 0 saturated carbocycles. The molecule has 1 amide bonds. The average Bonchev–Trinajstić information content (AvgIpc) is 3.32. The van der Waals surface area contributed by atoms with Crippen molar-refractivity contribution >= 4 is 11.9 Å². The van der Waals surface area contributed by atoms with Crippen molar-refractivity contribution < 1.29 is 28.2 Å². The average molecular weight is 478 g/mol. The number of methoxy groups -OCH3 is 1. The van der Waals surface area contributed by atoms with E-state index in [1.807, 2.05) is 54.6 Å². The Balaban J connectivity index is 1.36. The van der Waals surface area contributed by atoms with Crippen LogP contribution in [-0.4, -0.2) is 42.6 Å². The number of amides is 1. The maximum atomic E-state index is 14.0. The number of benzene rings is 3. The Morgan fingerprint density at radius 2 is 1.71 bits per heavy atom. The summed E-state index contributed by atoms with van der Waals surface area (Å²) >= 11 is 0. The summed E-state index contributed by atoms with van der Waals surface area (Å²) in [5.41, 5.74) is 2.03. The molecule has 1 saturated heterocycles. The van der Waals surface area contributed by atoms with Crippen LogP contribution in [0.2, 0.25) is 0 Å². The number of aryl methyl sites for hydroxylation is 1. The fraction of sp³-hybridized carbons (Fsp3) is 0.286. The minimum Gasteiger partial charge on any atom is -0.489 e. The van der Waals surface area contributed by atoms with Crippen LogP contribution in [0.5, 0.6) is 11.5 Å². The number of hydrogen-bond acceptors (Lipinski definition) is 5. The van der Waals surface area contributed by atoms with Gasteiger partial charge in [-0.15, -0.1) is 0 Å². The molecule has 0 aromatic heterocycles. The Kier molecular flexibility index (Phi) is 7.98. The number of rotatable bonds is 9. The largest absolute Gasteiger partial charge is 0.489 e. The summed E-state index contributed by atoms with van der Waals surface area (Å²) in [4.78, 5) is 26.9. The molecule has 1 heterocycles. The first-order chi connectivity index (χ1) is 17.0. The molecule has 2 atom stereocenters. The van der Waals surface area contributed by atoms with Crippen molar-refractivity contribution in [2.75, 3.05) is 13.7 Å². The van der Waals surface area contributed by atoms with Crippen molar-refractivity contribution in [1.29, 1.82) is 0 Å². The minimum absolute atomic E-state index is 0.0998. The molecule has 0 radical (unpaired) electrons. The van der Waals surface area contributed by atoms with Crippen LogP contribution in [0.3, 0.4) is 0 Å². The van der Waals surface area contributed by atoms with Gasteiger partial charge in [-0.3, -0.25) is 4.79 Å². The first kappa shape index (κ1) is 24.3. The monoisotopic (exact) mass is 477 g/mol. The number of nitrogens with zero attached hydrogens (tertiary/aromatic N) is 1. The van der Waals surface area contributed by atoms with Gasteiger partial charge in [0.2, 0.25) is 5.91 Å². The van der Waals surface area contributed by atoms with E-state index in [0.29, 0.717) is 13.0 Å². The summed E-state index contributed by atoms with van der Waals surface area (Å²) in [6, 6.07) is 22.8. The molecule has 0 spiro atoms. The zero-order chi connectivity index (χ0) is 24.6. The van der Waals surface area contributed by atoms with Crippen molar-refractivity contribution in [3.05, 3.63) is 95.8 Å².